The van der Waals surface area contributed by atoms with Crippen LogP contribution in [0.5, 0.6) is 5.75 Å². The van der Waals surface area contributed by atoms with Crippen molar-refractivity contribution in [3.63, 3.8) is 0 Å². The topological polar surface area (TPSA) is 55.0 Å². The van der Waals surface area contributed by atoms with Gasteiger partial charge in [0.15, 0.2) is 0 Å². The van der Waals surface area contributed by atoms with E-state index in [2.05, 4.69) is 16.3 Å². The third kappa shape index (κ3) is 2.20. The van der Waals surface area contributed by atoms with Gasteiger partial charge in [0.05, 0.1) is 12.8 Å². The van der Waals surface area contributed by atoms with Crippen molar-refractivity contribution >= 4 is 0 Å². The third-order valence-electron chi connectivity index (χ3n) is 2.60. The normalized spacial score (nSPS) is 10.3. The van der Waals surface area contributed by atoms with Crippen molar-refractivity contribution in [3.8, 4) is 17.0 Å². The second-order valence-electron chi connectivity index (χ2n) is 3.97. The standard InChI is InChI=1S/C13H14N2O2/c1-8-6-9(2)13(11(7-8)17-3)10-4-5-12(16)15-14-10/h4-7H,1-3H3,(H,15,16). The summed E-state index contributed by atoms with van der Waals surface area (Å²) in [5.74, 6) is 0.766. The van der Waals surface area contributed by atoms with E-state index in [0.29, 0.717) is 5.69 Å². The first-order valence-electron chi connectivity index (χ1n) is 5.33. The van der Waals surface area contributed by atoms with Gasteiger partial charge in [-0.15, -0.1) is 0 Å². The van der Waals surface area contributed by atoms with Crippen molar-refractivity contribution in [3.05, 3.63) is 45.7 Å². The quantitative estimate of drug-likeness (QED) is 0.859. The van der Waals surface area contributed by atoms with Crippen LogP contribution < -0.4 is 10.3 Å². The zero-order chi connectivity index (χ0) is 12.4. The number of aromatic amines is 1. The average molecular weight is 230 g/mol. The summed E-state index contributed by atoms with van der Waals surface area (Å²) in [5.41, 5.74) is 3.61. The molecule has 4 nitrogen and oxygen atoms in total. The van der Waals surface area contributed by atoms with E-state index in [0.717, 1.165) is 22.4 Å². The summed E-state index contributed by atoms with van der Waals surface area (Å²) in [6.07, 6.45) is 0. The first kappa shape index (κ1) is 11.4. The number of hydrogen-bond acceptors (Lipinski definition) is 3. The molecule has 1 aromatic heterocycles. The minimum absolute atomic E-state index is 0.211. The molecule has 0 radical (unpaired) electrons. The first-order valence-corrected chi connectivity index (χ1v) is 5.33. The largest absolute Gasteiger partial charge is 0.496 e. The Morgan fingerprint density at radius 1 is 1.24 bits per heavy atom. The molecule has 1 heterocycles. The van der Waals surface area contributed by atoms with Crippen LogP contribution in [0.1, 0.15) is 11.1 Å². The lowest BCUT2D eigenvalue weighted by Gasteiger charge is -2.11. The summed E-state index contributed by atoms with van der Waals surface area (Å²) in [6, 6.07) is 7.17. The smallest absolute Gasteiger partial charge is 0.264 e. The van der Waals surface area contributed by atoms with Crippen LogP contribution in [0.3, 0.4) is 0 Å². The molecule has 0 amide bonds. The zero-order valence-electron chi connectivity index (χ0n) is 10.1. The zero-order valence-corrected chi connectivity index (χ0v) is 10.1. The molecule has 0 saturated heterocycles. The Bertz CT molecular complexity index is 582. The van der Waals surface area contributed by atoms with Crippen LogP contribution in [0.2, 0.25) is 0 Å². The highest BCUT2D eigenvalue weighted by atomic mass is 16.5. The molecular formula is C13H14N2O2. The van der Waals surface area contributed by atoms with E-state index >= 15 is 0 Å². The molecule has 0 spiro atoms. The van der Waals surface area contributed by atoms with Gasteiger partial charge in [-0.25, -0.2) is 5.10 Å². The SMILES string of the molecule is COc1cc(C)cc(C)c1-c1ccc(=O)[nH]n1. The molecule has 4 heteroatoms. The van der Waals surface area contributed by atoms with Gasteiger partial charge in [-0.05, 0) is 37.1 Å². The number of methoxy groups -OCH3 is 1. The molecule has 1 N–H and O–H groups in total. The summed E-state index contributed by atoms with van der Waals surface area (Å²) in [5, 5.41) is 6.46. The highest BCUT2D eigenvalue weighted by Crippen LogP contribution is 2.32. The van der Waals surface area contributed by atoms with Crippen molar-refractivity contribution in [2.45, 2.75) is 13.8 Å². The maximum Gasteiger partial charge on any atom is 0.264 e. The Morgan fingerprint density at radius 2 is 2.00 bits per heavy atom. The van der Waals surface area contributed by atoms with Crippen LogP contribution in [-0.4, -0.2) is 17.3 Å². The Kier molecular flexibility index (Phi) is 2.95. The number of nitrogens with zero attached hydrogens (tertiary/aromatic N) is 1. The van der Waals surface area contributed by atoms with Gasteiger partial charge in [0, 0.05) is 11.6 Å². The van der Waals surface area contributed by atoms with E-state index in [9.17, 15) is 4.79 Å². The number of benzene rings is 1. The summed E-state index contributed by atoms with van der Waals surface area (Å²) in [6.45, 7) is 4.01. The van der Waals surface area contributed by atoms with Crippen LogP contribution in [0.15, 0.2) is 29.1 Å². The lowest BCUT2D eigenvalue weighted by Crippen LogP contribution is -2.06. The minimum atomic E-state index is -0.211. The van der Waals surface area contributed by atoms with Gasteiger partial charge in [-0.2, -0.15) is 5.10 Å². The molecule has 0 bridgehead atoms. The van der Waals surface area contributed by atoms with E-state index in [1.807, 2.05) is 19.9 Å². The van der Waals surface area contributed by atoms with Crippen LogP contribution >= 0.6 is 0 Å². The van der Waals surface area contributed by atoms with Crippen molar-refractivity contribution in [1.82, 2.24) is 10.2 Å². The third-order valence-corrected chi connectivity index (χ3v) is 2.60. The average Bonchev–Trinajstić information content (AvgIpc) is 2.30. The second kappa shape index (κ2) is 4.41. The van der Waals surface area contributed by atoms with Crippen molar-refractivity contribution in [2.24, 2.45) is 0 Å². The Morgan fingerprint density at radius 3 is 2.59 bits per heavy atom. The predicted molar refractivity (Wildman–Crippen MR) is 66.3 cm³/mol. The molecule has 0 aliphatic heterocycles. The maximum absolute atomic E-state index is 11.0. The monoisotopic (exact) mass is 230 g/mol. The van der Waals surface area contributed by atoms with E-state index < -0.39 is 0 Å². The van der Waals surface area contributed by atoms with Gasteiger partial charge in [-0.1, -0.05) is 6.07 Å². The lowest BCUT2D eigenvalue weighted by molar-refractivity contribution is 0.415. The van der Waals surface area contributed by atoms with Gasteiger partial charge < -0.3 is 4.74 Å². The van der Waals surface area contributed by atoms with E-state index in [4.69, 9.17) is 4.74 Å². The Balaban J connectivity index is 2.65. The van der Waals surface area contributed by atoms with Gasteiger partial charge >= 0.3 is 0 Å². The molecule has 88 valence electrons. The molecule has 0 aliphatic rings. The number of aryl methyl sites for hydroxylation is 2. The number of hydrogen-bond donors (Lipinski definition) is 1. The van der Waals surface area contributed by atoms with Crippen LogP contribution in [0.4, 0.5) is 0 Å². The maximum atomic E-state index is 11.0. The fourth-order valence-corrected chi connectivity index (χ4v) is 1.90. The minimum Gasteiger partial charge on any atom is -0.496 e. The van der Waals surface area contributed by atoms with E-state index in [-0.39, 0.29) is 5.56 Å². The predicted octanol–water partition coefficient (Wildman–Crippen LogP) is 2.06. The molecule has 0 atom stereocenters. The lowest BCUT2D eigenvalue weighted by atomic mass is 10.0. The second-order valence-corrected chi connectivity index (χ2v) is 3.97. The van der Waals surface area contributed by atoms with Crippen molar-refractivity contribution < 1.29 is 4.74 Å². The summed E-state index contributed by atoms with van der Waals surface area (Å²) < 4.78 is 5.36. The number of H-pyrrole nitrogens is 1. The van der Waals surface area contributed by atoms with Gasteiger partial charge in [0.1, 0.15) is 5.75 Å². The van der Waals surface area contributed by atoms with Crippen LogP contribution in [0, 0.1) is 13.8 Å². The van der Waals surface area contributed by atoms with Crippen molar-refractivity contribution in [2.75, 3.05) is 7.11 Å². The van der Waals surface area contributed by atoms with Crippen LogP contribution in [0.25, 0.3) is 11.3 Å². The summed E-state index contributed by atoms with van der Waals surface area (Å²) >= 11 is 0. The van der Waals surface area contributed by atoms with Gasteiger partial charge in [0.25, 0.3) is 5.56 Å². The first-order chi connectivity index (χ1) is 8.11. The summed E-state index contributed by atoms with van der Waals surface area (Å²) in [7, 11) is 1.63. The molecule has 2 aromatic rings. The van der Waals surface area contributed by atoms with Gasteiger partial charge in [0.2, 0.25) is 0 Å². The molecule has 0 unspecified atom stereocenters. The molecule has 17 heavy (non-hydrogen) atoms. The van der Waals surface area contributed by atoms with E-state index in [1.165, 1.54) is 6.07 Å². The number of aromatic nitrogens is 2. The Labute approximate surface area is 99.3 Å². The molecule has 0 fully saturated rings. The van der Waals surface area contributed by atoms with E-state index in [1.54, 1.807) is 13.2 Å². The highest BCUT2D eigenvalue weighted by molar-refractivity contribution is 5.71. The fraction of sp³-hybridized carbons (Fsp3) is 0.231. The number of rotatable bonds is 2. The number of ether oxygens (including phenoxy) is 1. The molecule has 2 rings (SSSR count). The Hall–Kier alpha value is -2.10. The van der Waals surface area contributed by atoms with Gasteiger partial charge in [-0.3, -0.25) is 4.79 Å². The van der Waals surface area contributed by atoms with Crippen molar-refractivity contribution in [1.29, 1.82) is 0 Å². The number of nitrogens with one attached hydrogen (secondary N) is 1. The van der Waals surface area contributed by atoms with Crippen LogP contribution in [-0.2, 0) is 0 Å². The molecule has 1 aromatic carbocycles. The molecular weight excluding hydrogens is 216 g/mol. The molecule has 0 aliphatic carbocycles. The molecule has 0 saturated carbocycles. The fourth-order valence-electron chi connectivity index (χ4n) is 1.90. The highest BCUT2D eigenvalue weighted by Gasteiger charge is 2.11. The summed E-state index contributed by atoms with van der Waals surface area (Å²) in [4.78, 5) is 11.0.